The summed E-state index contributed by atoms with van der Waals surface area (Å²) in [6.07, 6.45) is 0. The van der Waals surface area contributed by atoms with Crippen LogP contribution in [-0.4, -0.2) is 12.5 Å². The summed E-state index contributed by atoms with van der Waals surface area (Å²) in [5, 5.41) is 3.27. The Morgan fingerprint density at radius 3 is 2.38 bits per heavy atom. The van der Waals surface area contributed by atoms with E-state index in [2.05, 4.69) is 47.8 Å². The maximum atomic E-state index is 5.55. The Morgan fingerprint density at radius 1 is 1.05 bits per heavy atom. The van der Waals surface area contributed by atoms with Crippen LogP contribution in [0.5, 0.6) is 0 Å². The van der Waals surface area contributed by atoms with E-state index in [0.717, 1.165) is 23.4 Å². The van der Waals surface area contributed by atoms with Gasteiger partial charge in [-0.15, -0.1) is 0 Å². The van der Waals surface area contributed by atoms with Crippen LogP contribution < -0.4 is 16.6 Å². The first-order chi connectivity index (χ1) is 10.2. The Kier molecular flexibility index (Phi) is 5.35. The average Bonchev–Trinajstić information content (AvgIpc) is 2.52. The molecule has 0 radical (unpaired) electrons. The molecule has 0 atom stereocenters. The second-order valence-corrected chi connectivity index (χ2v) is 5.26. The molecule has 0 spiro atoms. The van der Waals surface area contributed by atoms with E-state index in [-0.39, 0.29) is 0 Å². The quantitative estimate of drug-likeness (QED) is 0.349. The average molecular weight is 282 g/mol. The van der Waals surface area contributed by atoms with Crippen LogP contribution in [0.1, 0.15) is 13.8 Å². The van der Waals surface area contributed by atoms with Gasteiger partial charge in [-0.05, 0) is 17.5 Å². The van der Waals surface area contributed by atoms with Crippen molar-refractivity contribution in [1.29, 1.82) is 0 Å². The molecule has 21 heavy (non-hydrogen) atoms. The standard InChI is InChI=1S/C17H22N4/c1-13(2)12-19-17(21-18)20-16-11-7-6-10-15(16)14-8-4-3-5-9-14/h3-11,13H,12,18H2,1-2H3,(H2,19,20,21). The molecule has 0 bridgehead atoms. The fourth-order valence-corrected chi connectivity index (χ4v) is 1.98. The molecule has 0 saturated carbocycles. The van der Waals surface area contributed by atoms with E-state index in [0.29, 0.717) is 11.9 Å². The molecule has 0 fully saturated rings. The van der Waals surface area contributed by atoms with E-state index < -0.39 is 0 Å². The molecule has 0 unspecified atom stereocenters. The van der Waals surface area contributed by atoms with Crippen LogP contribution in [-0.2, 0) is 0 Å². The number of aliphatic imine (C=N–C) groups is 1. The topological polar surface area (TPSA) is 62.4 Å². The number of hydrogen-bond donors (Lipinski definition) is 3. The number of nitrogens with one attached hydrogen (secondary N) is 2. The molecule has 0 aliphatic heterocycles. The summed E-state index contributed by atoms with van der Waals surface area (Å²) in [6, 6.07) is 18.3. The number of hydrazine groups is 1. The first-order valence-corrected chi connectivity index (χ1v) is 7.13. The Balaban J connectivity index is 2.26. The van der Waals surface area contributed by atoms with Gasteiger partial charge in [-0.3, -0.25) is 10.4 Å². The van der Waals surface area contributed by atoms with E-state index in [1.807, 2.05) is 36.4 Å². The van der Waals surface area contributed by atoms with Crippen molar-refractivity contribution in [2.45, 2.75) is 13.8 Å². The Morgan fingerprint density at radius 2 is 1.71 bits per heavy atom. The smallest absolute Gasteiger partial charge is 0.210 e. The van der Waals surface area contributed by atoms with Gasteiger partial charge in [-0.2, -0.15) is 0 Å². The van der Waals surface area contributed by atoms with Crippen molar-refractivity contribution in [1.82, 2.24) is 5.43 Å². The van der Waals surface area contributed by atoms with Crippen LogP contribution in [0.15, 0.2) is 59.6 Å². The highest BCUT2D eigenvalue weighted by atomic mass is 15.3. The van der Waals surface area contributed by atoms with Crippen LogP contribution in [0.2, 0.25) is 0 Å². The van der Waals surface area contributed by atoms with Crippen molar-refractivity contribution in [2.24, 2.45) is 16.8 Å². The minimum atomic E-state index is 0.486. The predicted molar refractivity (Wildman–Crippen MR) is 90.0 cm³/mol. The van der Waals surface area contributed by atoms with Gasteiger partial charge in [0, 0.05) is 17.8 Å². The molecule has 2 rings (SSSR count). The van der Waals surface area contributed by atoms with Crippen molar-refractivity contribution >= 4 is 11.6 Å². The fourth-order valence-electron chi connectivity index (χ4n) is 1.98. The van der Waals surface area contributed by atoms with Crippen molar-refractivity contribution in [3.05, 3.63) is 54.6 Å². The second kappa shape index (κ2) is 7.45. The zero-order valence-corrected chi connectivity index (χ0v) is 12.5. The lowest BCUT2D eigenvalue weighted by Gasteiger charge is -2.14. The maximum absolute atomic E-state index is 5.55. The van der Waals surface area contributed by atoms with Crippen molar-refractivity contribution in [2.75, 3.05) is 11.9 Å². The van der Waals surface area contributed by atoms with Gasteiger partial charge in [0.05, 0.1) is 0 Å². The largest absolute Gasteiger partial charge is 0.325 e. The summed E-state index contributed by atoms with van der Waals surface area (Å²) in [4.78, 5) is 4.44. The summed E-state index contributed by atoms with van der Waals surface area (Å²) < 4.78 is 0. The zero-order valence-electron chi connectivity index (χ0n) is 12.5. The number of nitrogens with two attached hydrogens (primary N) is 1. The molecule has 0 aliphatic rings. The summed E-state index contributed by atoms with van der Waals surface area (Å²) >= 11 is 0. The lowest BCUT2D eigenvalue weighted by atomic mass is 10.0. The molecule has 0 aromatic heterocycles. The van der Waals surface area contributed by atoms with E-state index in [1.54, 1.807) is 0 Å². The second-order valence-electron chi connectivity index (χ2n) is 5.26. The van der Waals surface area contributed by atoms with E-state index in [9.17, 15) is 0 Å². The van der Waals surface area contributed by atoms with E-state index >= 15 is 0 Å². The molecule has 0 aliphatic carbocycles. The lowest BCUT2D eigenvalue weighted by Crippen LogP contribution is -2.36. The van der Waals surface area contributed by atoms with Crippen LogP contribution in [0.25, 0.3) is 11.1 Å². The number of anilines is 1. The third-order valence-corrected chi connectivity index (χ3v) is 3.02. The Bertz CT molecular complexity index is 591. The van der Waals surface area contributed by atoms with Crippen molar-refractivity contribution in [3.63, 3.8) is 0 Å². The van der Waals surface area contributed by atoms with Crippen molar-refractivity contribution < 1.29 is 0 Å². The molecule has 2 aromatic rings. The first kappa shape index (κ1) is 15.1. The normalized spacial score (nSPS) is 11.5. The molecule has 0 amide bonds. The Hall–Kier alpha value is -2.33. The highest BCUT2D eigenvalue weighted by molar-refractivity contribution is 5.97. The van der Waals surface area contributed by atoms with Gasteiger partial charge < -0.3 is 5.32 Å². The number of guanidine groups is 1. The summed E-state index contributed by atoms with van der Waals surface area (Å²) in [6.45, 7) is 4.96. The molecular formula is C17H22N4. The first-order valence-electron chi connectivity index (χ1n) is 7.13. The third-order valence-electron chi connectivity index (χ3n) is 3.02. The summed E-state index contributed by atoms with van der Waals surface area (Å²) in [5.41, 5.74) is 5.87. The number of rotatable bonds is 4. The lowest BCUT2D eigenvalue weighted by molar-refractivity contribution is 0.663. The maximum Gasteiger partial charge on any atom is 0.210 e. The van der Waals surface area contributed by atoms with Gasteiger partial charge in [0.25, 0.3) is 0 Å². The SMILES string of the molecule is CC(C)CN=C(NN)Nc1ccccc1-c1ccccc1. The van der Waals surface area contributed by atoms with Gasteiger partial charge in [0.2, 0.25) is 5.96 Å². The fraction of sp³-hybridized carbons (Fsp3) is 0.235. The van der Waals surface area contributed by atoms with Crippen LogP contribution in [0, 0.1) is 5.92 Å². The monoisotopic (exact) mass is 282 g/mol. The van der Waals surface area contributed by atoms with Crippen LogP contribution in [0.3, 0.4) is 0 Å². The molecule has 2 aromatic carbocycles. The van der Waals surface area contributed by atoms with Gasteiger partial charge in [0.1, 0.15) is 0 Å². The number of hydrogen-bond acceptors (Lipinski definition) is 2. The van der Waals surface area contributed by atoms with Gasteiger partial charge in [-0.1, -0.05) is 62.4 Å². The molecule has 0 heterocycles. The number of benzene rings is 2. The summed E-state index contributed by atoms with van der Waals surface area (Å²) in [7, 11) is 0. The number of para-hydroxylation sites is 1. The van der Waals surface area contributed by atoms with Gasteiger partial charge in [-0.25, -0.2) is 5.84 Å². The molecule has 4 nitrogen and oxygen atoms in total. The minimum Gasteiger partial charge on any atom is -0.325 e. The van der Waals surface area contributed by atoms with Gasteiger partial charge in [0.15, 0.2) is 0 Å². The van der Waals surface area contributed by atoms with E-state index in [4.69, 9.17) is 5.84 Å². The molecule has 0 saturated heterocycles. The highest BCUT2D eigenvalue weighted by Crippen LogP contribution is 2.27. The van der Waals surface area contributed by atoms with Crippen molar-refractivity contribution in [3.8, 4) is 11.1 Å². The molecule has 4 heteroatoms. The summed E-state index contributed by atoms with van der Waals surface area (Å²) in [5.74, 6) is 6.61. The molecule has 4 N–H and O–H groups in total. The Labute approximate surface area is 126 Å². The highest BCUT2D eigenvalue weighted by Gasteiger charge is 2.06. The minimum absolute atomic E-state index is 0.486. The van der Waals surface area contributed by atoms with Gasteiger partial charge >= 0.3 is 0 Å². The van der Waals surface area contributed by atoms with E-state index in [1.165, 1.54) is 0 Å². The number of nitrogens with zero attached hydrogens (tertiary/aromatic N) is 1. The van der Waals surface area contributed by atoms with Crippen LogP contribution >= 0.6 is 0 Å². The van der Waals surface area contributed by atoms with Crippen LogP contribution in [0.4, 0.5) is 5.69 Å². The third kappa shape index (κ3) is 4.33. The molecular weight excluding hydrogens is 260 g/mol. The molecule has 110 valence electrons. The zero-order chi connectivity index (χ0) is 15.1. The predicted octanol–water partition coefficient (Wildman–Crippen LogP) is 3.24.